The predicted octanol–water partition coefficient (Wildman–Crippen LogP) is 3.22. The second kappa shape index (κ2) is 6.08. The van der Waals surface area contributed by atoms with Crippen LogP contribution < -0.4 is 0 Å². The first-order valence-corrected chi connectivity index (χ1v) is 7.24. The van der Waals surface area contributed by atoms with Crippen molar-refractivity contribution in [3.8, 4) is 11.3 Å². The quantitative estimate of drug-likeness (QED) is 0.739. The lowest BCUT2D eigenvalue weighted by atomic mass is 10.1. The van der Waals surface area contributed by atoms with Gasteiger partial charge in [0.05, 0.1) is 6.54 Å². The molecule has 0 bridgehead atoms. The summed E-state index contributed by atoms with van der Waals surface area (Å²) in [6.45, 7) is 3.89. The molecular formula is C17H17N3O3. The third-order valence-electron chi connectivity index (χ3n) is 3.44. The molecule has 0 fully saturated rings. The van der Waals surface area contributed by atoms with Crippen LogP contribution in [0.1, 0.15) is 27.9 Å². The largest absolute Gasteiger partial charge is 0.461 e. The van der Waals surface area contributed by atoms with Crippen molar-refractivity contribution in [1.29, 1.82) is 0 Å². The smallest absolute Gasteiger partial charge is 0.254 e. The molecule has 0 unspecified atom stereocenters. The standard InChI is InChI=1S/C17H17N3O3/c1-11-4-9-15(22-11)13-5-7-14(8-6-13)17(21)20(3)10-16-19-18-12(2)23-16/h4-9H,10H2,1-3H3. The molecule has 6 heteroatoms. The fraction of sp³-hybridized carbons (Fsp3) is 0.235. The maximum atomic E-state index is 12.4. The van der Waals surface area contributed by atoms with Crippen LogP contribution in [0.25, 0.3) is 11.3 Å². The fourth-order valence-electron chi connectivity index (χ4n) is 2.26. The molecule has 23 heavy (non-hydrogen) atoms. The topological polar surface area (TPSA) is 72.4 Å². The van der Waals surface area contributed by atoms with Gasteiger partial charge in [-0.1, -0.05) is 12.1 Å². The highest BCUT2D eigenvalue weighted by atomic mass is 16.4. The van der Waals surface area contributed by atoms with Gasteiger partial charge in [-0.15, -0.1) is 10.2 Å². The van der Waals surface area contributed by atoms with Crippen molar-refractivity contribution in [2.75, 3.05) is 7.05 Å². The molecule has 0 aliphatic heterocycles. The van der Waals surface area contributed by atoms with Gasteiger partial charge in [-0.3, -0.25) is 4.79 Å². The van der Waals surface area contributed by atoms with Crippen LogP contribution in [0.3, 0.4) is 0 Å². The summed E-state index contributed by atoms with van der Waals surface area (Å²) in [5.74, 6) is 2.44. The van der Waals surface area contributed by atoms with Gasteiger partial charge >= 0.3 is 0 Å². The van der Waals surface area contributed by atoms with Crippen LogP contribution in [0.2, 0.25) is 0 Å². The van der Waals surface area contributed by atoms with Crippen LogP contribution >= 0.6 is 0 Å². The van der Waals surface area contributed by atoms with E-state index in [-0.39, 0.29) is 12.5 Å². The van der Waals surface area contributed by atoms with Gasteiger partial charge in [-0.05, 0) is 31.2 Å². The first-order valence-electron chi connectivity index (χ1n) is 7.24. The summed E-state index contributed by atoms with van der Waals surface area (Å²) in [6, 6.07) is 11.1. The zero-order valence-corrected chi connectivity index (χ0v) is 13.2. The van der Waals surface area contributed by atoms with Crippen molar-refractivity contribution in [2.24, 2.45) is 0 Å². The van der Waals surface area contributed by atoms with E-state index < -0.39 is 0 Å². The first-order chi connectivity index (χ1) is 11.0. The molecule has 2 heterocycles. The average Bonchev–Trinajstić information content (AvgIpc) is 3.15. The molecule has 0 saturated carbocycles. The maximum absolute atomic E-state index is 12.4. The maximum Gasteiger partial charge on any atom is 0.254 e. The molecule has 1 amide bonds. The minimum Gasteiger partial charge on any atom is -0.461 e. The minimum absolute atomic E-state index is 0.108. The van der Waals surface area contributed by atoms with Crippen molar-refractivity contribution in [2.45, 2.75) is 20.4 Å². The van der Waals surface area contributed by atoms with Crippen LogP contribution in [-0.4, -0.2) is 28.1 Å². The molecule has 6 nitrogen and oxygen atoms in total. The molecule has 0 N–H and O–H groups in total. The fourth-order valence-corrected chi connectivity index (χ4v) is 2.26. The third kappa shape index (κ3) is 3.31. The summed E-state index contributed by atoms with van der Waals surface area (Å²) in [5.41, 5.74) is 1.53. The molecule has 0 atom stereocenters. The van der Waals surface area contributed by atoms with Crippen molar-refractivity contribution >= 4 is 5.91 Å². The lowest BCUT2D eigenvalue weighted by Crippen LogP contribution is -2.26. The highest BCUT2D eigenvalue weighted by molar-refractivity contribution is 5.94. The van der Waals surface area contributed by atoms with Crippen LogP contribution in [0.4, 0.5) is 0 Å². The molecule has 0 radical (unpaired) electrons. The summed E-state index contributed by atoms with van der Waals surface area (Å²) in [5, 5.41) is 7.65. The van der Waals surface area contributed by atoms with Gasteiger partial charge in [-0.25, -0.2) is 0 Å². The van der Waals surface area contributed by atoms with Crippen molar-refractivity contribution in [1.82, 2.24) is 15.1 Å². The van der Waals surface area contributed by atoms with E-state index in [9.17, 15) is 4.79 Å². The predicted molar refractivity (Wildman–Crippen MR) is 83.7 cm³/mol. The number of carbonyl (C=O) groups excluding carboxylic acids is 1. The Labute approximate surface area is 133 Å². The van der Waals surface area contributed by atoms with Crippen LogP contribution in [0.15, 0.2) is 45.2 Å². The van der Waals surface area contributed by atoms with Crippen molar-refractivity contribution in [3.05, 3.63) is 59.5 Å². The number of benzene rings is 1. The molecule has 0 spiro atoms. The van der Waals surface area contributed by atoms with Gasteiger partial charge < -0.3 is 13.7 Å². The summed E-state index contributed by atoms with van der Waals surface area (Å²) >= 11 is 0. The second-order valence-electron chi connectivity index (χ2n) is 5.36. The number of amides is 1. The third-order valence-corrected chi connectivity index (χ3v) is 3.44. The molecule has 0 saturated heterocycles. The van der Waals surface area contributed by atoms with Gasteiger partial charge in [0, 0.05) is 25.1 Å². The number of carbonyl (C=O) groups is 1. The van der Waals surface area contributed by atoms with Crippen LogP contribution in [0, 0.1) is 13.8 Å². The van der Waals surface area contributed by atoms with Crippen LogP contribution in [-0.2, 0) is 6.54 Å². The molecule has 2 aromatic heterocycles. The minimum atomic E-state index is -0.108. The van der Waals surface area contributed by atoms with Crippen LogP contribution in [0.5, 0.6) is 0 Å². The van der Waals surface area contributed by atoms with Gasteiger partial charge in [0.25, 0.3) is 5.91 Å². The van der Waals surface area contributed by atoms with Gasteiger partial charge in [0.15, 0.2) is 0 Å². The lowest BCUT2D eigenvalue weighted by Gasteiger charge is -2.15. The number of nitrogens with zero attached hydrogens (tertiary/aromatic N) is 3. The number of aromatic nitrogens is 2. The zero-order chi connectivity index (χ0) is 16.4. The molecular weight excluding hydrogens is 294 g/mol. The number of rotatable bonds is 4. The average molecular weight is 311 g/mol. The number of aryl methyl sites for hydroxylation is 2. The van der Waals surface area contributed by atoms with Crippen molar-refractivity contribution < 1.29 is 13.6 Å². The summed E-state index contributed by atoms with van der Waals surface area (Å²) in [7, 11) is 1.70. The van der Waals surface area contributed by atoms with Gasteiger partial charge in [0.2, 0.25) is 11.8 Å². The highest BCUT2D eigenvalue weighted by Crippen LogP contribution is 2.22. The Morgan fingerprint density at radius 3 is 2.35 bits per heavy atom. The number of furan rings is 1. The highest BCUT2D eigenvalue weighted by Gasteiger charge is 2.15. The summed E-state index contributed by atoms with van der Waals surface area (Å²) in [4.78, 5) is 14.0. The van der Waals surface area contributed by atoms with E-state index in [4.69, 9.17) is 8.83 Å². The van der Waals surface area contributed by atoms with Gasteiger partial charge in [0.1, 0.15) is 11.5 Å². The van der Waals surface area contributed by atoms with Gasteiger partial charge in [-0.2, -0.15) is 0 Å². The Morgan fingerprint density at radius 2 is 1.78 bits per heavy atom. The van der Waals surface area contributed by atoms with E-state index in [1.165, 1.54) is 0 Å². The molecule has 118 valence electrons. The second-order valence-corrected chi connectivity index (χ2v) is 5.36. The normalized spacial score (nSPS) is 10.7. The van der Waals surface area contributed by atoms with E-state index in [0.717, 1.165) is 17.1 Å². The number of hydrogen-bond acceptors (Lipinski definition) is 5. The van der Waals surface area contributed by atoms with E-state index in [2.05, 4.69) is 10.2 Å². The Kier molecular flexibility index (Phi) is 3.97. The monoisotopic (exact) mass is 311 g/mol. The van der Waals surface area contributed by atoms with E-state index in [1.54, 1.807) is 31.0 Å². The molecule has 3 aromatic rings. The molecule has 0 aliphatic rings. The SMILES string of the molecule is Cc1ccc(-c2ccc(C(=O)N(C)Cc3nnc(C)o3)cc2)o1. The van der Waals surface area contributed by atoms with E-state index in [0.29, 0.717) is 17.3 Å². The summed E-state index contributed by atoms with van der Waals surface area (Å²) < 4.78 is 10.9. The van der Waals surface area contributed by atoms with E-state index in [1.807, 2.05) is 31.2 Å². The van der Waals surface area contributed by atoms with Crippen molar-refractivity contribution in [3.63, 3.8) is 0 Å². The molecule has 1 aromatic carbocycles. The Balaban J connectivity index is 1.72. The zero-order valence-electron chi connectivity index (χ0n) is 13.2. The molecule has 0 aliphatic carbocycles. The van der Waals surface area contributed by atoms with E-state index >= 15 is 0 Å². The molecule has 3 rings (SSSR count). The number of hydrogen-bond donors (Lipinski definition) is 0. The summed E-state index contributed by atoms with van der Waals surface area (Å²) in [6.07, 6.45) is 0. The Bertz CT molecular complexity index is 818. The Morgan fingerprint density at radius 1 is 1.04 bits per heavy atom. The lowest BCUT2D eigenvalue weighted by molar-refractivity contribution is 0.0772. The first kappa shape index (κ1) is 15.0. The Hall–Kier alpha value is -2.89.